The molecule has 1 aromatic rings. The van der Waals surface area contributed by atoms with Crippen molar-refractivity contribution in [2.75, 3.05) is 18.3 Å². The predicted molar refractivity (Wildman–Crippen MR) is 75.0 cm³/mol. The molecule has 0 amide bonds. The van der Waals surface area contributed by atoms with Crippen LogP contribution in [0.1, 0.15) is 30.6 Å². The molecule has 110 valence electrons. The van der Waals surface area contributed by atoms with Gasteiger partial charge in [-0.2, -0.15) is 0 Å². The SMILES string of the molecule is CC(C)CCS(=O)(=O)CC(=O)c1ccc2c(c1)OCO2. The summed E-state index contributed by atoms with van der Waals surface area (Å²) in [7, 11) is -3.36. The summed E-state index contributed by atoms with van der Waals surface area (Å²) in [5, 5.41) is 0. The molecule has 0 N–H and O–H groups in total. The first-order valence-electron chi connectivity index (χ1n) is 6.50. The first-order valence-corrected chi connectivity index (χ1v) is 8.33. The quantitative estimate of drug-likeness (QED) is 0.752. The Labute approximate surface area is 118 Å². The summed E-state index contributed by atoms with van der Waals surface area (Å²) in [6, 6.07) is 4.72. The molecule has 0 aromatic heterocycles. The molecule has 0 spiro atoms. The Kier molecular flexibility index (Phi) is 4.32. The lowest BCUT2D eigenvalue weighted by Gasteiger charge is -2.06. The fourth-order valence-electron chi connectivity index (χ4n) is 1.84. The Bertz CT molecular complexity index is 604. The average Bonchev–Trinajstić information content (AvgIpc) is 2.83. The number of benzene rings is 1. The van der Waals surface area contributed by atoms with Crippen LogP contribution < -0.4 is 9.47 Å². The zero-order valence-corrected chi connectivity index (χ0v) is 12.4. The van der Waals surface area contributed by atoms with Crippen molar-refractivity contribution in [3.63, 3.8) is 0 Å². The first-order chi connectivity index (χ1) is 9.37. The number of sulfone groups is 1. The van der Waals surface area contributed by atoms with E-state index in [1.807, 2.05) is 13.8 Å². The highest BCUT2D eigenvalue weighted by molar-refractivity contribution is 7.92. The van der Waals surface area contributed by atoms with Gasteiger partial charge in [0.15, 0.2) is 27.1 Å². The third-order valence-electron chi connectivity index (χ3n) is 3.05. The van der Waals surface area contributed by atoms with E-state index in [0.29, 0.717) is 29.4 Å². The van der Waals surface area contributed by atoms with E-state index in [-0.39, 0.29) is 12.5 Å². The van der Waals surface area contributed by atoms with Crippen LogP contribution in [-0.4, -0.2) is 32.5 Å². The minimum atomic E-state index is -3.36. The second-order valence-electron chi connectivity index (χ2n) is 5.27. The van der Waals surface area contributed by atoms with Crippen molar-refractivity contribution >= 4 is 15.6 Å². The highest BCUT2D eigenvalue weighted by atomic mass is 32.2. The molecule has 5 nitrogen and oxygen atoms in total. The van der Waals surface area contributed by atoms with E-state index in [9.17, 15) is 13.2 Å². The topological polar surface area (TPSA) is 69.7 Å². The molecule has 0 fully saturated rings. The number of rotatable bonds is 6. The van der Waals surface area contributed by atoms with Gasteiger partial charge in [0.1, 0.15) is 5.75 Å². The summed E-state index contributed by atoms with van der Waals surface area (Å²) in [5.74, 6) is 0.525. The predicted octanol–water partition coefficient (Wildman–Crippen LogP) is 2.06. The number of carbonyl (C=O) groups excluding carboxylic acids is 1. The lowest BCUT2D eigenvalue weighted by atomic mass is 10.1. The van der Waals surface area contributed by atoms with Gasteiger partial charge in [0.2, 0.25) is 6.79 Å². The highest BCUT2D eigenvalue weighted by Gasteiger charge is 2.21. The zero-order chi connectivity index (χ0) is 14.8. The molecule has 1 aliphatic heterocycles. The smallest absolute Gasteiger partial charge is 0.231 e. The summed E-state index contributed by atoms with van der Waals surface area (Å²) in [4.78, 5) is 12.0. The molecule has 0 saturated carbocycles. The Balaban J connectivity index is 2.05. The number of ketones is 1. The van der Waals surface area contributed by atoms with Crippen molar-refractivity contribution in [3.05, 3.63) is 23.8 Å². The summed E-state index contributed by atoms with van der Waals surface area (Å²) >= 11 is 0. The summed E-state index contributed by atoms with van der Waals surface area (Å²) < 4.78 is 34.1. The Morgan fingerprint density at radius 1 is 1.25 bits per heavy atom. The molecule has 1 aromatic carbocycles. The van der Waals surface area contributed by atoms with E-state index >= 15 is 0 Å². The number of carbonyl (C=O) groups is 1. The maximum Gasteiger partial charge on any atom is 0.231 e. The lowest BCUT2D eigenvalue weighted by Crippen LogP contribution is -2.20. The molecule has 0 unspecified atom stereocenters. The van der Waals surface area contributed by atoms with E-state index in [0.717, 1.165) is 0 Å². The average molecular weight is 298 g/mol. The van der Waals surface area contributed by atoms with Crippen molar-refractivity contribution in [3.8, 4) is 11.5 Å². The number of hydrogen-bond acceptors (Lipinski definition) is 5. The maximum absolute atomic E-state index is 12.0. The minimum absolute atomic E-state index is 0.0426. The lowest BCUT2D eigenvalue weighted by molar-refractivity contribution is 0.102. The molecule has 1 aliphatic rings. The van der Waals surface area contributed by atoms with Gasteiger partial charge in [0, 0.05) is 5.56 Å². The van der Waals surface area contributed by atoms with Crippen LogP contribution >= 0.6 is 0 Å². The molecule has 2 rings (SSSR count). The van der Waals surface area contributed by atoms with Crippen LogP contribution in [0.25, 0.3) is 0 Å². The Morgan fingerprint density at radius 3 is 2.65 bits per heavy atom. The van der Waals surface area contributed by atoms with Gasteiger partial charge in [0.25, 0.3) is 0 Å². The number of ether oxygens (including phenoxy) is 2. The van der Waals surface area contributed by atoms with Gasteiger partial charge in [-0.15, -0.1) is 0 Å². The van der Waals surface area contributed by atoms with Gasteiger partial charge < -0.3 is 9.47 Å². The van der Waals surface area contributed by atoms with E-state index in [4.69, 9.17) is 9.47 Å². The standard InChI is InChI=1S/C14H18O5S/c1-10(2)5-6-20(16,17)8-12(15)11-3-4-13-14(7-11)19-9-18-13/h3-4,7,10H,5-6,8-9H2,1-2H3. The van der Waals surface area contributed by atoms with Crippen LogP contribution in [0, 0.1) is 5.92 Å². The summed E-state index contributed by atoms with van der Waals surface area (Å²) in [6.45, 7) is 4.03. The molecule has 0 saturated heterocycles. The maximum atomic E-state index is 12.0. The molecule has 0 atom stereocenters. The summed E-state index contributed by atoms with van der Waals surface area (Å²) in [6.07, 6.45) is 0.566. The van der Waals surface area contributed by atoms with E-state index < -0.39 is 21.4 Å². The molecule has 6 heteroatoms. The van der Waals surface area contributed by atoms with Crippen LogP contribution in [0.3, 0.4) is 0 Å². The van der Waals surface area contributed by atoms with Crippen LogP contribution in [0.2, 0.25) is 0 Å². The van der Waals surface area contributed by atoms with Crippen LogP contribution in [0.15, 0.2) is 18.2 Å². The van der Waals surface area contributed by atoms with Crippen molar-refractivity contribution in [1.82, 2.24) is 0 Å². The van der Waals surface area contributed by atoms with E-state index in [1.165, 1.54) is 6.07 Å². The minimum Gasteiger partial charge on any atom is -0.454 e. The number of Topliss-reactive ketones (excluding diaryl/α,β-unsaturated/α-hetero) is 1. The Hall–Kier alpha value is -1.56. The molecular formula is C14H18O5S. The zero-order valence-electron chi connectivity index (χ0n) is 11.6. The second kappa shape index (κ2) is 5.83. The molecule has 0 radical (unpaired) electrons. The number of hydrogen-bond donors (Lipinski definition) is 0. The van der Waals surface area contributed by atoms with Crippen LogP contribution in [0.4, 0.5) is 0 Å². The first kappa shape index (κ1) is 14.8. The van der Waals surface area contributed by atoms with Crippen LogP contribution in [0.5, 0.6) is 11.5 Å². The monoisotopic (exact) mass is 298 g/mol. The van der Waals surface area contributed by atoms with Crippen LogP contribution in [-0.2, 0) is 9.84 Å². The fourth-order valence-corrected chi connectivity index (χ4v) is 3.38. The van der Waals surface area contributed by atoms with Crippen molar-refractivity contribution < 1.29 is 22.7 Å². The normalized spacial score (nSPS) is 13.8. The van der Waals surface area contributed by atoms with Gasteiger partial charge in [-0.25, -0.2) is 8.42 Å². The fraction of sp³-hybridized carbons (Fsp3) is 0.500. The second-order valence-corrected chi connectivity index (χ2v) is 7.45. The van der Waals surface area contributed by atoms with Crippen molar-refractivity contribution in [2.24, 2.45) is 5.92 Å². The molecule has 0 bridgehead atoms. The largest absolute Gasteiger partial charge is 0.454 e. The van der Waals surface area contributed by atoms with Crippen molar-refractivity contribution in [1.29, 1.82) is 0 Å². The molecule has 1 heterocycles. The molecule has 0 aliphatic carbocycles. The third-order valence-corrected chi connectivity index (χ3v) is 4.61. The number of fused-ring (bicyclic) bond motifs is 1. The van der Waals surface area contributed by atoms with E-state index in [1.54, 1.807) is 12.1 Å². The van der Waals surface area contributed by atoms with Gasteiger partial charge in [-0.3, -0.25) is 4.79 Å². The Morgan fingerprint density at radius 2 is 1.95 bits per heavy atom. The van der Waals surface area contributed by atoms with Crippen molar-refractivity contribution in [2.45, 2.75) is 20.3 Å². The third kappa shape index (κ3) is 3.72. The molecular weight excluding hydrogens is 280 g/mol. The van der Waals surface area contributed by atoms with Gasteiger partial charge >= 0.3 is 0 Å². The van der Waals surface area contributed by atoms with Gasteiger partial charge in [-0.1, -0.05) is 13.8 Å². The summed E-state index contributed by atoms with van der Waals surface area (Å²) in [5.41, 5.74) is 0.336. The van der Waals surface area contributed by atoms with Gasteiger partial charge in [-0.05, 0) is 30.5 Å². The van der Waals surface area contributed by atoms with Gasteiger partial charge in [0.05, 0.1) is 5.75 Å². The highest BCUT2D eigenvalue weighted by Crippen LogP contribution is 2.32. The molecule has 20 heavy (non-hydrogen) atoms. The van der Waals surface area contributed by atoms with E-state index in [2.05, 4.69) is 0 Å².